The average molecular weight is 334 g/mol. The summed E-state index contributed by atoms with van der Waals surface area (Å²) in [7, 11) is -2.18. The second-order valence-electron chi connectivity index (χ2n) is 4.74. The van der Waals surface area contributed by atoms with E-state index in [4.69, 9.17) is 4.74 Å². The second kappa shape index (κ2) is 7.87. The lowest BCUT2D eigenvalue weighted by Crippen LogP contribution is -2.27. The molecule has 0 spiro atoms. The van der Waals surface area contributed by atoms with Crippen molar-refractivity contribution in [3.63, 3.8) is 0 Å². The number of nitrogens with one attached hydrogen (secondary N) is 2. The molecule has 0 saturated carbocycles. The van der Waals surface area contributed by atoms with Gasteiger partial charge < -0.3 is 10.1 Å². The number of rotatable bonds is 7. The van der Waals surface area contributed by atoms with E-state index in [1.807, 2.05) is 6.07 Å². The van der Waals surface area contributed by atoms with Gasteiger partial charge >= 0.3 is 0 Å². The topological polar surface area (TPSA) is 84.5 Å². The molecule has 2 N–H and O–H groups in total. The van der Waals surface area contributed by atoms with Crippen molar-refractivity contribution in [2.45, 2.75) is 4.90 Å². The first-order valence-corrected chi connectivity index (χ1v) is 8.46. The summed E-state index contributed by atoms with van der Waals surface area (Å²) in [6, 6.07) is 14.8. The first-order chi connectivity index (χ1) is 11.0. The van der Waals surface area contributed by atoms with Crippen molar-refractivity contribution in [1.82, 2.24) is 4.72 Å². The summed E-state index contributed by atoms with van der Waals surface area (Å²) in [6.07, 6.45) is 0. The molecule has 2 aromatic rings. The van der Waals surface area contributed by atoms with Crippen LogP contribution in [-0.4, -0.2) is 34.6 Å². The smallest absolute Gasteiger partial charge is 0.255 e. The number of hydrogen-bond donors (Lipinski definition) is 2. The molecule has 0 saturated heterocycles. The molecule has 0 radical (unpaired) electrons. The van der Waals surface area contributed by atoms with E-state index < -0.39 is 10.0 Å². The molecular formula is C16H18N2O4S. The Kier molecular flexibility index (Phi) is 5.86. The van der Waals surface area contributed by atoms with Gasteiger partial charge in [0.2, 0.25) is 10.0 Å². The number of sulfonamides is 1. The molecular weight excluding hydrogens is 316 g/mol. The third-order valence-corrected chi connectivity index (χ3v) is 4.50. The maximum absolute atomic E-state index is 12.2. The second-order valence-corrected chi connectivity index (χ2v) is 6.51. The van der Waals surface area contributed by atoms with Crippen LogP contribution in [0.15, 0.2) is 59.5 Å². The molecule has 0 aliphatic rings. The number of carbonyl (C=O) groups excluding carboxylic acids is 1. The third-order valence-electron chi connectivity index (χ3n) is 3.04. The van der Waals surface area contributed by atoms with Gasteiger partial charge in [-0.25, -0.2) is 13.1 Å². The Bertz CT molecular complexity index is 761. The van der Waals surface area contributed by atoms with Gasteiger partial charge in [-0.15, -0.1) is 0 Å². The van der Waals surface area contributed by atoms with Gasteiger partial charge in [-0.3, -0.25) is 4.79 Å². The molecule has 0 fully saturated rings. The average Bonchev–Trinajstić information content (AvgIpc) is 2.56. The molecule has 6 nitrogen and oxygen atoms in total. The van der Waals surface area contributed by atoms with E-state index in [1.165, 1.54) is 25.3 Å². The number of carbonyl (C=O) groups is 1. The molecule has 2 aromatic carbocycles. The van der Waals surface area contributed by atoms with Gasteiger partial charge in [0.05, 0.1) is 11.5 Å². The minimum Gasteiger partial charge on any atom is -0.383 e. The number of benzene rings is 2. The quantitative estimate of drug-likeness (QED) is 0.757. The zero-order valence-electron chi connectivity index (χ0n) is 12.7. The van der Waals surface area contributed by atoms with Crippen LogP contribution in [0.25, 0.3) is 0 Å². The van der Waals surface area contributed by atoms with Crippen molar-refractivity contribution in [2.75, 3.05) is 25.6 Å². The van der Waals surface area contributed by atoms with Gasteiger partial charge in [0.15, 0.2) is 0 Å². The van der Waals surface area contributed by atoms with Gasteiger partial charge in [0.25, 0.3) is 5.91 Å². The Morgan fingerprint density at radius 1 is 1.09 bits per heavy atom. The predicted molar refractivity (Wildman–Crippen MR) is 87.9 cm³/mol. The number of hydrogen-bond acceptors (Lipinski definition) is 4. The van der Waals surface area contributed by atoms with Gasteiger partial charge in [0, 0.05) is 24.9 Å². The molecule has 0 aliphatic heterocycles. The molecule has 7 heteroatoms. The third kappa shape index (κ3) is 4.88. The summed E-state index contributed by atoms with van der Waals surface area (Å²) >= 11 is 0. The summed E-state index contributed by atoms with van der Waals surface area (Å²) in [4.78, 5) is 12.2. The maximum Gasteiger partial charge on any atom is 0.255 e. The molecule has 122 valence electrons. The summed E-state index contributed by atoms with van der Waals surface area (Å²) in [5.41, 5.74) is 0.910. The van der Waals surface area contributed by atoms with Gasteiger partial charge in [-0.05, 0) is 30.3 Å². The molecule has 0 bridgehead atoms. The molecule has 1 amide bonds. The van der Waals surface area contributed by atoms with Gasteiger partial charge in [0.1, 0.15) is 0 Å². The van der Waals surface area contributed by atoms with Crippen LogP contribution in [0.4, 0.5) is 5.69 Å². The lowest BCUT2D eigenvalue weighted by molar-refractivity contribution is 0.102. The van der Waals surface area contributed by atoms with Crippen LogP contribution < -0.4 is 10.0 Å². The van der Waals surface area contributed by atoms with E-state index in [9.17, 15) is 13.2 Å². The van der Waals surface area contributed by atoms with Gasteiger partial charge in [-0.1, -0.05) is 24.3 Å². The van der Waals surface area contributed by atoms with Crippen molar-refractivity contribution in [3.05, 3.63) is 60.2 Å². The highest BCUT2D eigenvalue weighted by Crippen LogP contribution is 2.13. The Labute approximate surface area is 135 Å². The zero-order valence-corrected chi connectivity index (χ0v) is 13.5. The molecule has 0 aromatic heterocycles. The van der Waals surface area contributed by atoms with Crippen molar-refractivity contribution in [1.29, 1.82) is 0 Å². The van der Waals surface area contributed by atoms with Crippen LogP contribution >= 0.6 is 0 Å². The normalized spacial score (nSPS) is 11.2. The first-order valence-electron chi connectivity index (χ1n) is 6.98. The summed E-state index contributed by atoms with van der Waals surface area (Å²) in [5.74, 6) is -0.370. The van der Waals surface area contributed by atoms with E-state index in [0.29, 0.717) is 5.69 Å². The predicted octanol–water partition coefficient (Wildman–Crippen LogP) is 1.86. The molecule has 0 unspecified atom stereocenters. The van der Waals surface area contributed by atoms with E-state index in [-0.39, 0.29) is 29.5 Å². The van der Waals surface area contributed by atoms with Crippen molar-refractivity contribution >= 4 is 21.6 Å². The lowest BCUT2D eigenvalue weighted by atomic mass is 10.2. The Morgan fingerprint density at radius 3 is 2.52 bits per heavy atom. The van der Waals surface area contributed by atoms with Gasteiger partial charge in [-0.2, -0.15) is 0 Å². The van der Waals surface area contributed by atoms with Crippen LogP contribution in [-0.2, 0) is 14.8 Å². The van der Waals surface area contributed by atoms with Crippen molar-refractivity contribution in [2.24, 2.45) is 0 Å². The van der Waals surface area contributed by atoms with Crippen LogP contribution in [0.1, 0.15) is 10.4 Å². The van der Waals surface area contributed by atoms with Crippen LogP contribution in [0.2, 0.25) is 0 Å². The fourth-order valence-corrected chi connectivity index (χ4v) is 2.95. The van der Waals surface area contributed by atoms with Crippen molar-refractivity contribution < 1.29 is 17.9 Å². The van der Waals surface area contributed by atoms with Crippen molar-refractivity contribution in [3.8, 4) is 0 Å². The van der Waals surface area contributed by atoms with E-state index in [1.54, 1.807) is 30.3 Å². The number of methoxy groups -OCH3 is 1. The molecule has 23 heavy (non-hydrogen) atoms. The number of anilines is 1. The largest absolute Gasteiger partial charge is 0.383 e. The molecule has 2 rings (SSSR count). The number of amides is 1. The monoisotopic (exact) mass is 334 g/mol. The number of para-hydroxylation sites is 1. The zero-order chi connectivity index (χ0) is 16.7. The molecule has 0 atom stereocenters. The van der Waals surface area contributed by atoms with E-state index in [2.05, 4.69) is 10.0 Å². The maximum atomic E-state index is 12.2. The fourth-order valence-electron chi connectivity index (χ4n) is 1.89. The number of ether oxygens (including phenoxy) is 1. The Balaban J connectivity index is 2.14. The fraction of sp³-hybridized carbons (Fsp3) is 0.188. The van der Waals surface area contributed by atoms with Crippen LogP contribution in [0, 0.1) is 0 Å². The summed E-state index contributed by atoms with van der Waals surface area (Å²) in [6.45, 7) is 0.437. The first kappa shape index (κ1) is 17.1. The van der Waals surface area contributed by atoms with E-state index >= 15 is 0 Å². The minimum atomic E-state index is -3.67. The minimum absolute atomic E-state index is 0.0364. The SMILES string of the molecule is COCCNS(=O)(=O)c1cccc(C(=O)Nc2ccccc2)c1. The van der Waals surface area contributed by atoms with Crippen LogP contribution in [0.5, 0.6) is 0 Å². The van der Waals surface area contributed by atoms with E-state index in [0.717, 1.165) is 0 Å². The molecule has 0 heterocycles. The highest BCUT2D eigenvalue weighted by molar-refractivity contribution is 7.89. The van der Waals surface area contributed by atoms with Crippen LogP contribution in [0.3, 0.4) is 0 Å². The lowest BCUT2D eigenvalue weighted by Gasteiger charge is -2.09. The Morgan fingerprint density at radius 2 is 1.83 bits per heavy atom. The standard InChI is InChI=1S/C16H18N2O4S/c1-22-11-10-17-23(20,21)15-9-5-6-13(12-15)16(19)18-14-7-3-2-4-8-14/h2-9,12,17H,10-11H2,1H3,(H,18,19). The molecule has 0 aliphatic carbocycles. The highest BCUT2D eigenvalue weighted by atomic mass is 32.2. The summed E-state index contributed by atoms with van der Waals surface area (Å²) < 4.78 is 31.5. The summed E-state index contributed by atoms with van der Waals surface area (Å²) in [5, 5.41) is 2.72. The Hall–Kier alpha value is -2.22. The highest BCUT2D eigenvalue weighted by Gasteiger charge is 2.15.